The molecule has 15 heavy (non-hydrogen) atoms. The Morgan fingerprint density at radius 1 is 1.27 bits per heavy atom. The summed E-state index contributed by atoms with van der Waals surface area (Å²) in [5.74, 6) is 0. The summed E-state index contributed by atoms with van der Waals surface area (Å²) in [6, 6.07) is 3.22. The van der Waals surface area contributed by atoms with Crippen molar-refractivity contribution in [3.05, 3.63) is 45.0 Å². The first-order chi connectivity index (χ1) is 7.06. The van der Waals surface area contributed by atoms with Crippen LogP contribution in [0.25, 0.3) is 6.08 Å². The summed E-state index contributed by atoms with van der Waals surface area (Å²) in [6.45, 7) is 3.54. The largest absolute Gasteiger partial charge is 0.299 e. The van der Waals surface area contributed by atoms with Crippen LogP contribution < -0.4 is 0 Å². The van der Waals surface area contributed by atoms with E-state index < -0.39 is 4.92 Å². The molecule has 0 N–H and O–H groups in total. The van der Waals surface area contributed by atoms with Gasteiger partial charge >= 0.3 is 0 Å². The van der Waals surface area contributed by atoms with Gasteiger partial charge in [0.15, 0.2) is 0 Å². The van der Waals surface area contributed by atoms with Gasteiger partial charge in [-0.2, -0.15) is 0 Å². The van der Waals surface area contributed by atoms with Crippen molar-refractivity contribution in [3.8, 4) is 0 Å². The number of rotatable bonds is 3. The molecular weight excluding hydrogens is 194 g/mol. The fourth-order valence-electron chi connectivity index (χ4n) is 1.38. The highest BCUT2D eigenvalue weighted by Gasteiger charge is 2.11. The molecule has 1 aromatic rings. The zero-order valence-corrected chi connectivity index (χ0v) is 8.56. The minimum Gasteiger partial charge on any atom is -0.299 e. The molecular formula is C11H11NO3. The molecule has 0 aromatic heterocycles. The number of carbonyl (C=O) groups excluding carboxylic acids is 1. The van der Waals surface area contributed by atoms with Crippen LogP contribution in [-0.4, -0.2) is 11.2 Å². The second kappa shape index (κ2) is 4.50. The van der Waals surface area contributed by atoms with Crippen LogP contribution in [0.3, 0.4) is 0 Å². The Hall–Kier alpha value is -1.97. The number of allylic oxidation sites excluding steroid dienone is 1. The second-order valence-electron chi connectivity index (χ2n) is 3.25. The molecule has 0 saturated heterocycles. The molecule has 0 aliphatic carbocycles. The molecule has 1 rings (SSSR count). The van der Waals surface area contributed by atoms with E-state index in [9.17, 15) is 14.9 Å². The van der Waals surface area contributed by atoms with Gasteiger partial charge in [0.1, 0.15) is 6.29 Å². The number of hydrogen-bond donors (Lipinski definition) is 0. The normalized spacial score (nSPS) is 10.5. The molecule has 1 aromatic carbocycles. The predicted molar refractivity (Wildman–Crippen MR) is 57.7 cm³/mol. The van der Waals surface area contributed by atoms with E-state index >= 15 is 0 Å². The van der Waals surface area contributed by atoms with Gasteiger partial charge in [0.05, 0.1) is 4.92 Å². The third-order valence-electron chi connectivity index (χ3n) is 2.14. The van der Waals surface area contributed by atoms with Gasteiger partial charge in [-0.15, -0.1) is 0 Å². The summed E-state index contributed by atoms with van der Waals surface area (Å²) in [5, 5.41) is 10.7. The Morgan fingerprint density at radius 3 is 2.47 bits per heavy atom. The zero-order valence-electron chi connectivity index (χ0n) is 8.56. The van der Waals surface area contributed by atoms with E-state index in [1.807, 2.05) is 6.92 Å². The molecule has 0 aliphatic heterocycles. The summed E-state index contributed by atoms with van der Waals surface area (Å²) in [7, 11) is 0. The molecule has 0 atom stereocenters. The number of aryl methyl sites for hydroxylation is 2. The first-order valence-electron chi connectivity index (χ1n) is 4.43. The monoisotopic (exact) mass is 205 g/mol. The summed E-state index contributed by atoms with van der Waals surface area (Å²) in [4.78, 5) is 20.4. The maximum Gasteiger partial charge on any atom is 0.272 e. The van der Waals surface area contributed by atoms with Crippen LogP contribution in [0.4, 0.5) is 5.69 Å². The van der Waals surface area contributed by atoms with Crippen LogP contribution in [0.5, 0.6) is 0 Å². The van der Waals surface area contributed by atoms with Gasteiger partial charge in [0.25, 0.3) is 5.69 Å². The smallest absolute Gasteiger partial charge is 0.272 e. The molecule has 0 amide bonds. The van der Waals surface area contributed by atoms with Gasteiger partial charge in [-0.1, -0.05) is 6.08 Å². The van der Waals surface area contributed by atoms with Crippen LogP contribution in [0, 0.1) is 24.0 Å². The Balaban J connectivity index is 3.29. The van der Waals surface area contributed by atoms with Crippen molar-refractivity contribution >= 4 is 18.0 Å². The van der Waals surface area contributed by atoms with Crippen molar-refractivity contribution in [3.63, 3.8) is 0 Å². The highest BCUT2D eigenvalue weighted by molar-refractivity contribution is 5.75. The van der Waals surface area contributed by atoms with Crippen LogP contribution >= 0.6 is 0 Å². The van der Waals surface area contributed by atoms with Crippen molar-refractivity contribution in [2.45, 2.75) is 13.8 Å². The van der Waals surface area contributed by atoms with Gasteiger partial charge in [0, 0.05) is 11.6 Å². The van der Waals surface area contributed by atoms with Crippen molar-refractivity contribution in [1.82, 2.24) is 0 Å². The SMILES string of the molecule is Cc1cc(C)c([N+](=O)[O-])cc1C=CC=O. The topological polar surface area (TPSA) is 60.2 Å². The van der Waals surface area contributed by atoms with Crippen molar-refractivity contribution in [2.24, 2.45) is 0 Å². The maximum atomic E-state index is 10.7. The molecule has 78 valence electrons. The molecule has 0 radical (unpaired) electrons. The molecule has 0 spiro atoms. The third-order valence-corrected chi connectivity index (χ3v) is 2.14. The Labute approximate surface area is 87.4 Å². The standard InChI is InChI=1S/C11H11NO3/c1-8-6-9(2)11(12(14)15)7-10(8)4-3-5-13/h3-7H,1-2H3. The van der Waals surface area contributed by atoms with E-state index in [-0.39, 0.29) is 5.69 Å². The van der Waals surface area contributed by atoms with Gasteiger partial charge in [-0.05, 0) is 37.1 Å². The first kappa shape index (κ1) is 11.1. The van der Waals surface area contributed by atoms with Crippen LogP contribution in [0.1, 0.15) is 16.7 Å². The lowest BCUT2D eigenvalue weighted by Gasteiger charge is -2.03. The van der Waals surface area contributed by atoms with Crippen molar-refractivity contribution in [1.29, 1.82) is 0 Å². The number of nitro groups is 1. The Bertz CT molecular complexity index is 436. The fourth-order valence-corrected chi connectivity index (χ4v) is 1.38. The van der Waals surface area contributed by atoms with Crippen LogP contribution in [0.15, 0.2) is 18.2 Å². The molecule has 0 aliphatic rings. The van der Waals surface area contributed by atoms with E-state index in [0.29, 0.717) is 17.4 Å². The van der Waals surface area contributed by atoms with Crippen LogP contribution in [-0.2, 0) is 4.79 Å². The first-order valence-corrected chi connectivity index (χ1v) is 4.43. The number of nitrogens with zero attached hydrogens (tertiary/aromatic N) is 1. The number of carbonyl (C=O) groups is 1. The van der Waals surface area contributed by atoms with Crippen LogP contribution in [0.2, 0.25) is 0 Å². The molecule has 4 heteroatoms. The fraction of sp³-hybridized carbons (Fsp3) is 0.182. The van der Waals surface area contributed by atoms with Crippen molar-refractivity contribution < 1.29 is 9.72 Å². The summed E-state index contributed by atoms with van der Waals surface area (Å²) in [5.41, 5.74) is 2.31. The highest BCUT2D eigenvalue weighted by Crippen LogP contribution is 2.23. The van der Waals surface area contributed by atoms with Gasteiger partial charge in [-0.3, -0.25) is 14.9 Å². The van der Waals surface area contributed by atoms with E-state index in [1.165, 1.54) is 12.1 Å². The average Bonchev–Trinajstić information content (AvgIpc) is 2.16. The van der Waals surface area contributed by atoms with E-state index in [0.717, 1.165) is 5.56 Å². The Morgan fingerprint density at radius 2 is 1.93 bits per heavy atom. The third kappa shape index (κ3) is 2.49. The van der Waals surface area contributed by atoms with Gasteiger partial charge in [0.2, 0.25) is 0 Å². The lowest BCUT2D eigenvalue weighted by Crippen LogP contribution is -1.94. The minimum atomic E-state index is -0.424. The van der Waals surface area contributed by atoms with E-state index in [1.54, 1.807) is 19.1 Å². The van der Waals surface area contributed by atoms with Gasteiger partial charge in [-0.25, -0.2) is 0 Å². The number of hydrogen-bond acceptors (Lipinski definition) is 3. The Kier molecular flexibility index (Phi) is 3.33. The maximum absolute atomic E-state index is 10.7. The lowest BCUT2D eigenvalue weighted by atomic mass is 10.0. The van der Waals surface area contributed by atoms with Gasteiger partial charge < -0.3 is 0 Å². The zero-order chi connectivity index (χ0) is 11.4. The summed E-state index contributed by atoms with van der Waals surface area (Å²) in [6.07, 6.45) is 3.53. The summed E-state index contributed by atoms with van der Waals surface area (Å²) >= 11 is 0. The highest BCUT2D eigenvalue weighted by atomic mass is 16.6. The van der Waals surface area contributed by atoms with E-state index in [2.05, 4.69) is 0 Å². The molecule has 0 saturated carbocycles. The minimum absolute atomic E-state index is 0.0751. The van der Waals surface area contributed by atoms with Crippen molar-refractivity contribution in [2.75, 3.05) is 0 Å². The lowest BCUT2D eigenvalue weighted by molar-refractivity contribution is -0.385. The summed E-state index contributed by atoms with van der Waals surface area (Å²) < 4.78 is 0. The predicted octanol–water partition coefficient (Wildman–Crippen LogP) is 2.42. The quantitative estimate of drug-likeness (QED) is 0.329. The number of nitro benzene ring substituents is 1. The second-order valence-corrected chi connectivity index (χ2v) is 3.25. The molecule has 0 fully saturated rings. The molecule has 0 bridgehead atoms. The average molecular weight is 205 g/mol. The molecule has 0 unspecified atom stereocenters. The number of aldehydes is 1. The molecule has 4 nitrogen and oxygen atoms in total. The van der Waals surface area contributed by atoms with E-state index in [4.69, 9.17) is 0 Å². The molecule has 0 heterocycles. The number of benzene rings is 1.